The second-order valence-corrected chi connectivity index (χ2v) is 6.06. The summed E-state index contributed by atoms with van der Waals surface area (Å²) >= 11 is 0. The first-order chi connectivity index (χ1) is 10.2. The Morgan fingerprint density at radius 1 is 1.33 bits per heavy atom. The number of fused-ring (bicyclic) bond motifs is 1. The lowest BCUT2D eigenvalue weighted by molar-refractivity contribution is 0.0512. The third-order valence-electron chi connectivity index (χ3n) is 4.46. The van der Waals surface area contributed by atoms with Gasteiger partial charge in [0.1, 0.15) is 5.56 Å². The Bertz CT molecular complexity index is 518. The van der Waals surface area contributed by atoms with E-state index in [0.29, 0.717) is 24.0 Å². The lowest BCUT2D eigenvalue weighted by Crippen LogP contribution is -2.24. The van der Waals surface area contributed by atoms with Gasteiger partial charge in [-0.15, -0.1) is 0 Å². The van der Waals surface area contributed by atoms with Crippen molar-refractivity contribution in [2.24, 2.45) is 0 Å². The van der Waals surface area contributed by atoms with E-state index in [1.54, 1.807) is 0 Å². The average molecular weight is 292 g/mol. The average Bonchev–Trinajstić information content (AvgIpc) is 2.87. The summed E-state index contributed by atoms with van der Waals surface area (Å²) in [4.78, 5) is 12.4. The zero-order valence-electron chi connectivity index (χ0n) is 12.9. The molecule has 1 saturated carbocycles. The van der Waals surface area contributed by atoms with E-state index in [-0.39, 0.29) is 12.1 Å². The van der Waals surface area contributed by atoms with Crippen LogP contribution in [0.5, 0.6) is 5.88 Å². The molecule has 21 heavy (non-hydrogen) atoms. The Balaban J connectivity index is 1.99. The Kier molecular flexibility index (Phi) is 4.17. The summed E-state index contributed by atoms with van der Waals surface area (Å²) in [7, 11) is 0. The van der Waals surface area contributed by atoms with Gasteiger partial charge < -0.3 is 9.47 Å². The van der Waals surface area contributed by atoms with Gasteiger partial charge in [-0.05, 0) is 26.7 Å². The van der Waals surface area contributed by atoms with E-state index in [1.807, 2.05) is 18.5 Å². The Labute approximate surface area is 125 Å². The SMILES string of the molecule is CCOC(=O)c1c(C2CCCCC2)nn2c1O[C@H](C)CC2. The van der Waals surface area contributed by atoms with Gasteiger partial charge in [-0.3, -0.25) is 0 Å². The highest BCUT2D eigenvalue weighted by molar-refractivity contribution is 5.93. The molecular formula is C16H24N2O3. The molecule has 2 heterocycles. The molecule has 1 atom stereocenters. The molecule has 5 heteroatoms. The first-order valence-electron chi connectivity index (χ1n) is 8.15. The van der Waals surface area contributed by atoms with Crippen LogP contribution in [0.2, 0.25) is 0 Å². The van der Waals surface area contributed by atoms with Crippen LogP contribution in [0, 0.1) is 0 Å². The molecule has 1 aliphatic carbocycles. The molecule has 1 aromatic rings. The number of aromatic nitrogens is 2. The highest BCUT2D eigenvalue weighted by atomic mass is 16.5. The van der Waals surface area contributed by atoms with Crippen LogP contribution in [-0.4, -0.2) is 28.5 Å². The van der Waals surface area contributed by atoms with Crippen molar-refractivity contribution in [1.82, 2.24) is 9.78 Å². The van der Waals surface area contributed by atoms with Crippen molar-refractivity contribution in [3.8, 4) is 5.88 Å². The van der Waals surface area contributed by atoms with E-state index >= 15 is 0 Å². The molecule has 1 aliphatic heterocycles. The van der Waals surface area contributed by atoms with E-state index in [9.17, 15) is 4.79 Å². The van der Waals surface area contributed by atoms with Crippen molar-refractivity contribution in [2.45, 2.75) is 70.9 Å². The minimum atomic E-state index is -0.284. The summed E-state index contributed by atoms with van der Waals surface area (Å²) in [6.45, 7) is 5.06. The topological polar surface area (TPSA) is 53.3 Å². The van der Waals surface area contributed by atoms with Crippen LogP contribution in [0.1, 0.15) is 74.3 Å². The predicted octanol–water partition coefficient (Wildman–Crippen LogP) is 3.28. The number of ether oxygens (including phenoxy) is 2. The molecule has 1 fully saturated rings. The summed E-state index contributed by atoms with van der Waals surface area (Å²) in [5.41, 5.74) is 1.48. The quantitative estimate of drug-likeness (QED) is 0.802. The number of nitrogens with zero attached hydrogens (tertiary/aromatic N) is 2. The largest absolute Gasteiger partial charge is 0.474 e. The number of carbonyl (C=O) groups is 1. The first kappa shape index (κ1) is 14.4. The molecule has 0 bridgehead atoms. The number of rotatable bonds is 3. The fourth-order valence-electron chi connectivity index (χ4n) is 3.35. The van der Waals surface area contributed by atoms with Gasteiger partial charge in [0, 0.05) is 18.9 Å². The van der Waals surface area contributed by atoms with Crippen molar-refractivity contribution < 1.29 is 14.3 Å². The van der Waals surface area contributed by atoms with E-state index in [2.05, 4.69) is 0 Å². The van der Waals surface area contributed by atoms with Gasteiger partial charge in [0.2, 0.25) is 5.88 Å². The maximum absolute atomic E-state index is 12.4. The fourth-order valence-corrected chi connectivity index (χ4v) is 3.35. The highest BCUT2D eigenvalue weighted by Crippen LogP contribution is 2.38. The molecule has 0 radical (unpaired) electrons. The van der Waals surface area contributed by atoms with Gasteiger partial charge in [-0.25, -0.2) is 9.48 Å². The second-order valence-electron chi connectivity index (χ2n) is 6.06. The van der Waals surface area contributed by atoms with E-state index in [0.717, 1.165) is 31.5 Å². The van der Waals surface area contributed by atoms with Crippen molar-refractivity contribution in [2.75, 3.05) is 6.61 Å². The molecule has 0 unspecified atom stereocenters. The molecule has 0 aromatic carbocycles. The molecule has 3 rings (SSSR count). The normalized spacial score (nSPS) is 22.5. The van der Waals surface area contributed by atoms with Crippen LogP contribution >= 0.6 is 0 Å². The molecular weight excluding hydrogens is 268 g/mol. The zero-order chi connectivity index (χ0) is 14.8. The molecule has 0 spiro atoms. The Hall–Kier alpha value is -1.52. The van der Waals surface area contributed by atoms with E-state index < -0.39 is 0 Å². The summed E-state index contributed by atoms with van der Waals surface area (Å²) in [5, 5.41) is 4.70. The molecule has 2 aliphatic rings. The number of carbonyl (C=O) groups excluding carboxylic acids is 1. The van der Waals surface area contributed by atoms with Crippen LogP contribution in [0.3, 0.4) is 0 Å². The summed E-state index contributed by atoms with van der Waals surface area (Å²) in [5.74, 6) is 0.705. The maximum Gasteiger partial charge on any atom is 0.345 e. The lowest BCUT2D eigenvalue weighted by atomic mass is 9.85. The molecule has 0 saturated heterocycles. The molecule has 116 valence electrons. The van der Waals surface area contributed by atoms with Crippen molar-refractivity contribution in [3.63, 3.8) is 0 Å². The molecule has 0 amide bonds. The summed E-state index contributed by atoms with van der Waals surface area (Å²) in [6.07, 6.45) is 6.99. The zero-order valence-corrected chi connectivity index (χ0v) is 12.9. The monoisotopic (exact) mass is 292 g/mol. The Morgan fingerprint density at radius 3 is 2.81 bits per heavy atom. The van der Waals surface area contributed by atoms with Gasteiger partial charge in [0.15, 0.2) is 0 Å². The number of aryl methyl sites for hydroxylation is 1. The van der Waals surface area contributed by atoms with Crippen molar-refractivity contribution in [1.29, 1.82) is 0 Å². The first-order valence-corrected chi connectivity index (χ1v) is 8.15. The predicted molar refractivity (Wildman–Crippen MR) is 78.7 cm³/mol. The number of hydrogen-bond donors (Lipinski definition) is 0. The standard InChI is InChI=1S/C16H24N2O3/c1-3-20-16(19)13-14(12-7-5-4-6-8-12)17-18-10-9-11(2)21-15(13)18/h11-12H,3-10H2,1-2H3/t11-/m1/s1. The highest BCUT2D eigenvalue weighted by Gasteiger charge is 2.33. The number of hydrogen-bond acceptors (Lipinski definition) is 4. The third-order valence-corrected chi connectivity index (χ3v) is 4.46. The summed E-state index contributed by atoms with van der Waals surface area (Å²) < 4.78 is 13.0. The van der Waals surface area contributed by atoms with E-state index in [4.69, 9.17) is 14.6 Å². The van der Waals surface area contributed by atoms with Crippen LogP contribution < -0.4 is 4.74 Å². The van der Waals surface area contributed by atoms with Crippen LogP contribution in [0.4, 0.5) is 0 Å². The van der Waals surface area contributed by atoms with Gasteiger partial charge >= 0.3 is 5.97 Å². The van der Waals surface area contributed by atoms with Crippen molar-refractivity contribution >= 4 is 5.97 Å². The number of esters is 1. The van der Waals surface area contributed by atoms with Gasteiger partial charge in [0.25, 0.3) is 0 Å². The maximum atomic E-state index is 12.4. The lowest BCUT2D eigenvalue weighted by Gasteiger charge is -2.22. The van der Waals surface area contributed by atoms with Crippen molar-refractivity contribution in [3.05, 3.63) is 11.3 Å². The minimum absolute atomic E-state index is 0.126. The van der Waals surface area contributed by atoms with Gasteiger partial charge in [-0.2, -0.15) is 5.10 Å². The Morgan fingerprint density at radius 2 is 2.10 bits per heavy atom. The smallest absolute Gasteiger partial charge is 0.345 e. The fraction of sp³-hybridized carbons (Fsp3) is 0.750. The van der Waals surface area contributed by atoms with Crippen LogP contribution in [-0.2, 0) is 11.3 Å². The van der Waals surface area contributed by atoms with E-state index in [1.165, 1.54) is 19.3 Å². The van der Waals surface area contributed by atoms with Crippen LogP contribution in [0.25, 0.3) is 0 Å². The minimum Gasteiger partial charge on any atom is -0.474 e. The second kappa shape index (κ2) is 6.08. The van der Waals surface area contributed by atoms with Gasteiger partial charge in [0.05, 0.1) is 18.4 Å². The molecule has 5 nitrogen and oxygen atoms in total. The summed E-state index contributed by atoms with van der Waals surface area (Å²) in [6, 6.07) is 0. The van der Waals surface area contributed by atoms with Crippen LogP contribution in [0.15, 0.2) is 0 Å². The molecule has 0 N–H and O–H groups in total. The third kappa shape index (κ3) is 2.78. The van der Waals surface area contributed by atoms with Gasteiger partial charge in [-0.1, -0.05) is 19.3 Å². The molecule has 1 aromatic heterocycles.